The fraction of sp³-hybridized carbons (Fsp3) is 0.625. The lowest BCUT2D eigenvalue weighted by molar-refractivity contribution is 0.102. The molecule has 0 aromatic heterocycles. The van der Waals surface area contributed by atoms with Crippen LogP contribution in [0.15, 0.2) is 18.2 Å². The molecule has 21 heavy (non-hydrogen) atoms. The third kappa shape index (κ3) is 5.33. The van der Waals surface area contributed by atoms with E-state index in [1.165, 1.54) is 25.7 Å². The van der Waals surface area contributed by atoms with Gasteiger partial charge in [0.05, 0.1) is 10.0 Å². The minimum Gasteiger partial charge on any atom is -0.491 e. The van der Waals surface area contributed by atoms with E-state index in [4.69, 9.17) is 27.9 Å². The van der Waals surface area contributed by atoms with Crippen LogP contribution in [0.2, 0.25) is 10.0 Å². The van der Waals surface area contributed by atoms with Crippen molar-refractivity contribution >= 4 is 23.2 Å². The highest BCUT2D eigenvalue weighted by Crippen LogP contribution is 2.28. The summed E-state index contributed by atoms with van der Waals surface area (Å²) in [6.07, 6.45) is 4.72. The van der Waals surface area contributed by atoms with Crippen LogP contribution >= 0.6 is 23.2 Å². The first kappa shape index (κ1) is 16.9. The smallest absolute Gasteiger partial charge is 0.121 e. The molecule has 0 amide bonds. The summed E-state index contributed by atoms with van der Waals surface area (Å²) in [4.78, 5) is 0. The van der Waals surface area contributed by atoms with Crippen LogP contribution in [0, 0.1) is 5.92 Å². The Morgan fingerprint density at radius 2 is 2.00 bits per heavy atom. The third-order valence-corrected chi connectivity index (χ3v) is 4.85. The highest BCUT2D eigenvalue weighted by atomic mass is 35.5. The second kappa shape index (κ2) is 8.23. The standard InChI is InChI=1S/C16H23Cl2NO2/c1-11(12-4-2-3-5-12)19-9-13(20)10-21-14-6-7-15(17)16(18)8-14/h6-8,11-13,19-20H,2-5,9-10H2,1H3. The van der Waals surface area contributed by atoms with Crippen LogP contribution in [-0.4, -0.2) is 30.4 Å². The highest BCUT2D eigenvalue weighted by molar-refractivity contribution is 6.42. The van der Waals surface area contributed by atoms with E-state index in [-0.39, 0.29) is 6.61 Å². The first-order valence-electron chi connectivity index (χ1n) is 7.55. The van der Waals surface area contributed by atoms with Crippen molar-refractivity contribution in [3.05, 3.63) is 28.2 Å². The Kier molecular flexibility index (Phi) is 6.62. The summed E-state index contributed by atoms with van der Waals surface area (Å²) in [5.74, 6) is 1.36. The van der Waals surface area contributed by atoms with Crippen LogP contribution in [0.1, 0.15) is 32.6 Å². The van der Waals surface area contributed by atoms with E-state index in [0.29, 0.717) is 28.4 Å². The molecule has 0 spiro atoms. The zero-order valence-electron chi connectivity index (χ0n) is 12.3. The molecule has 1 fully saturated rings. The first-order valence-corrected chi connectivity index (χ1v) is 8.31. The molecule has 0 bridgehead atoms. The Labute approximate surface area is 136 Å². The van der Waals surface area contributed by atoms with E-state index >= 15 is 0 Å². The molecule has 2 rings (SSSR count). The molecule has 2 atom stereocenters. The number of rotatable bonds is 7. The molecule has 0 saturated heterocycles. The minimum atomic E-state index is -0.539. The summed E-state index contributed by atoms with van der Waals surface area (Å²) >= 11 is 11.8. The van der Waals surface area contributed by atoms with Crippen LogP contribution in [0.3, 0.4) is 0 Å². The van der Waals surface area contributed by atoms with Gasteiger partial charge in [0.1, 0.15) is 18.5 Å². The second-order valence-corrected chi connectivity index (χ2v) is 6.60. The topological polar surface area (TPSA) is 41.5 Å². The first-order chi connectivity index (χ1) is 10.1. The average molecular weight is 332 g/mol. The maximum absolute atomic E-state index is 9.98. The van der Waals surface area contributed by atoms with Crippen molar-refractivity contribution in [1.82, 2.24) is 5.32 Å². The molecule has 5 heteroatoms. The van der Waals surface area contributed by atoms with Gasteiger partial charge in [-0.05, 0) is 37.8 Å². The maximum atomic E-state index is 9.98. The lowest BCUT2D eigenvalue weighted by Gasteiger charge is -2.22. The minimum absolute atomic E-state index is 0.238. The molecule has 0 radical (unpaired) electrons. The average Bonchev–Trinajstić information content (AvgIpc) is 3.00. The summed E-state index contributed by atoms with van der Waals surface area (Å²) in [6.45, 7) is 2.98. The number of nitrogens with one attached hydrogen (secondary N) is 1. The fourth-order valence-corrected chi connectivity index (χ4v) is 3.05. The molecule has 1 aliphatic carbocycles. The van der Waals surface area contributed by atoms with Crippen molar-refractivity contribution in [3.63, 3.8) is 0 Å². The van der Waals surface area contributed by atoms with Crippen molar-refractivity contribution in [1.29, 1.82) is 0 Å². The quantitative estimate of drug-likeness (QED) is 0.796. The van der Waals surface area contributed by atoms with E-state index in [1.54, 1.807) is 18.2 Å². The van der Waals surface area contributed by atoms with Crippen LogP contribution in [0.5, 0.6) is 5.75 Å². The summed E-state index contributed by atoms with van der Waals surface area (Å²) in [5.41, 5.74) is 0. The third-order valence-electron chi connectivity index (χ3n) is 4.12. The molecule has 1 saturated carbocycles. The van der Waals surface area contributed by atoms with E-state index in [1.807, 2.05) is 0 Å². The van der Waals surface area contributed by atoms with E-state index in [0.717, 1.165) is 5.92 Å². The van der Waals surface area contributed by atoms with Gasteiger partial charge in [0.25, 0.3) is 0 Å². The predicted octanol–water partition coefficient (Wildman–Crippen LogP) is 3.90. The fourth-order valence-electron chi connectivity index (χ4n) is 2.76. The second-order valence-electron chi connectivity index (χ2n) is 5.78. The van der Waals surface area contributed by atoms with Gasteiger partial charge >= 0.3 is 0 Å². The molecule has 1 aliphatic rings. The summed E-state index contributed by atoms with van der Waals surface area (Å²) in [5, 5.41) is 14.3. The highest BCUT2D eigenvalue weighted by Gasteiger charge is 2.21. The zero-order valence-corrected chi connectivity index (χ0v) is 13.8. The van der Waals surface area contributed by atoms with Gasteiger partial charge in [0.2, 0.25) is 0 Å². The van der Waals surface area contributed by atoms with Gasteiger partial charge in [-0.15, -0.1) is 0 Å². The molecule has 2 unspecified atom stereocenters. The van der Waals surface area contributed by atoms with Gasteiger partial charge in [-0.1, -0.05) is 36.0 Å². The Morgan fingerprint density at radius 1 is 1.29 bits per heavy atom. The van der Waals surface area contributed by atoms with Gasteiger partial charge < -0.3 is 15.2 Å². The number of benzene rings is 1. The number of aliphatic hydroxyl groups is 1. The van der Waals surface area contributed by atoms with Crippen molar-refractivity contribution < 1.29 is 9.84 Å². The summed E-state index contributed by atoms with van der Waals surface area (Å²) < 4.78 is 5.53. The number of hydrogen-bond acceptors (Lipinski definition) is 3. The normalized spacial score (nSPS) is 18.7. The molecular weight excluding hydrogens is 309 g/mol. The Bertz CT molecular complexity index is 450. The van der Waals surface area contributed by atoms with Crippen LogP contribution in [0.4, 0.5) is 0 Å². The van der Waals surface area contributed by atoms with Crippen molar-refractivity contribution in [2.24, 2.45) is 5.92 Å². The van der Waals surface area contributed by atoms with Crippen molar-refractivity contribution in [2.45, 2.75) is 44.8 Å². The Hall–Kier alpha value is -0.480. The Balaban J connectivity index is 1.69. The van der Waals surface area contributed by atoms with Crippen LogP contribution in [0.25, 0.3) is 0 Å². The molecule has 0 aliphatic heterocycles. The number of hydrogen-bond donors (Lipinski definition) is 2. The zero-order chi connectivity index (χ0) is 15.2. The van der Waals surface area contributed by atoms with Gasteiger partial charge in [-0.2, -0.15) is 0 Å². The van der Waals surface area contributed by atoms with Gasteiger partial charge in [0.15, 0.2) is 0 Å². The largest absolute Gasteiger partial charge is 0.491 e. The molecular formula is C16H23Cl2NO2. The molecule has 2 N–H and O–H groups in total. The molecule has 3 nitrogen and oxygen atoms in total. The van der Waals surface area contributed by atoms with Crippen molar-refractivity contribution in [3.8, 4) is 5.75 Å². The van der Waals surface area contributed by atoms with E-state index < -0.39 is 6.10 Å². The van der Waals surface area contributed by atoms with E-state index in [2.05, 4.69) is 12.2 Å². The SMILES string of the molecule is CC(NCC(O)COc1ccc(Cl)c(Cl)c1)C1CCCC1. The van der Waals surface area contributed by atoms with Gasteiger partial charge in [0, 0.05) is 18.7 Å². The molecule has 1 aromatic carbocycles. The molecule has 1 aromatic rings. The van der Waals surface area contributed by atoms with Crippen molar-refractivity contribution in [2.75, 3.05) is 13.2 Å². The maximum Gasteiger partial charge on any atom is 0.121 e. The number of aliphatic hydroxyl groups excluding tert-OH is 1. The summed E-state index contributed by atoms with van der Waals surface area (Å²) in [7, 11) is 0. The Morgan fingerprint density at radius 3 is 2.67 bits per heavy atom. The lowest BCUT2D eigenvalue weighted by atomic mass is 10.00. The number of halogens is 2. The van der Waals surface area contributed by atoms with Crippen LogP contribution in [-0.2, 0) is 0 Å². The predicted molar refractivity (Wildman–Crippen MR) is 87.4 cm³/mol. The number of ether oxygens (including phenoxy) is 1. The lowest BCUT2D eigenvalue weighted by Crippen LogP contribution is -2.39. The summed E-state index contributed by atoms with van der Waals surface area (Å²) in [6, 6.07) is 5.54. The van der Waals surface area contributed by atoms with E-state index in [9.17, 15) is 5.11 Å². The van der Waals surface area contributed by atoms with Crippen LogP contribution < -0.4 is 10.1 Å². The van der Waals surface area contributed by atoms with Gasteiger partial charge in [-0.3, -0.25) is 0 Å². The van der Waals surface area contributed by atoms with Gasteiger partial charge in [-0.25, -0.2) is 0 Å². The monoisotopic (exact) mass is 331 g/mol. The molecule has 118 valence electrons. The molecule has 0 heterocycles.